The van der Waals surface area contributed by atoms with Crippen LogP contribution in [0.3, 0.4) is 0 Å². The van der Waals surface area contributed by atoms with E-state index in [4.69, 9.17) is 0 Å². The summed E-state index contributed by atoms with van der Waals surface area (Å²) in [4.78, 5) is 10.9. The molecule has 7 heteroatoms. The quantitative estimate of drug-likeness (QED) is 0.846. The van der Waals surface area contributed by atoms with Crippen LogP contribution in [0, 0.1) is 6.92 Å². The van der Waals surface area contributed by atoms with Crippen molar-refractivity contribution in [2.75, 3.05) is 36.8 Å². The van der Waals surface area contributed by atoms with Crippen LogP contribution in [0.25, 0.3) is 11.3 Å². The van der Waals surface area contributed by atoms with E-state index < -0.39 is 10.0 Å². The average molecular weight is 346 g/mol. The molecule has 1 fully saturated rings. The Morgan fingerprint density at radius 2 is 1.79 bits per heavy atom. The molecule has 1 aliphatic heterocycles. The lowest BCUT2D eigenvalue weighted by Gasteiger charge is -2.34. The van der Waals surface area contributed by atoms with E-state index in [2.05, 4.69) is 27.9 Å². The van der Waals surface area contributed by atoms with E-state index in [1.807, 2.05) is 24.3 Å². The molecule has 1 aliphatic rings. The molecule has 24 heavy (non-hydrogen) atoms. The number of nitrogens with zero attached hydrogens (tertiary/aromatic N) is 4. The highest BCUT2D eigenvalue weighted by molar-refractivity contribution is 7.89. The van der Waals surface area contributed by atoms with Crippen molar-refractivity contribution >= 4 is 15.8 Å². The number of hydrogen-bond acceptors (Lipinski definition) is 5. The number of hydrogen-bond donors (Lipinski definition) is 0. The van der Waals surface area contributed by atoms with E-state index in [1.165, 1.54) is 5.56 Å². The van der Waals surface area contributed by atoms with Crippen molar-refractivity contribution in [2.24, 2.45) is 0 Å². The van der Waals surface area contributed by atoms with Crippen LogP contribution in [0.1, 0.15) is 12.5 Å². The van der Waals surface area contributed by atoms with Crippen molar-refractivity contribution in [3.05, 3.63) is 42.2 Å². The van der Waals surface area contributed by atoms with Crippen molar-refractivity contribution < 1.29 is 8.42 Å². The molecule has 0 N–H and O–H groups in total. The van der Waals surface area contributed by atoms with Gasteiger partial charge in [0.05, 0.1) is 11.4 Å². The van der Waals surface area contributed by atoms with Crippen molar-refractivity contribution in [2.45, 2.75) is 13.8 Å². The van der Waals surface area contributed by atoms with E-state index in [9.17, 15) is 8.42 Å². The Morgan fingerprint density at radius 1 is 1.08 bits per heavy atom. The minimum Gasteiger partial charge on any atom is -0.354 e. The van der Waals surface area contributed by atoms with Gasteiger partial charge in [0, 0.05) is 37.8 Å². The van der Waals surface area contributed by atoms with Gasteiger partial charge in [-0.2, -0.15) is 4.31 Å². The van der Waals surface area contributed by atoms with Crippen molar-refractivity contribution in [1.29, 1.82) is 0 Å². The molecular formula is C17H22N4O2S. The van der Waals surface area contributed by atoms with Gasteiger partial charge in [0.25, 0.3) is 0 Å². The van der Waals surface area contributed by atoms with Gasteiger partial charge >= 0.3 is 0 Å². The first-order valence-electron chi connectivity index (χ1n) is 8.12. The van der Waals surface area contributed by atoms with Crippen LogP contribution in [0.2, 0.25) is 0 Å². The maximum atomic E-state index is 12.0. The second kappa shape index (κ2) is 6.86. The van der Waals surface area contributed by atoms with E-state index in [-0.39, 0.29) is 5.75 Å². The van der Waals surface area contributed by atoms with Crippen LogP contribution >= 0.6 is 0 Å². The summed E-state index contributed by atoms with van der Waals surface area (Å²) in [5, 5.41) is 0. The number of anilines is 1. The molecule has 2 aromatic rings. The van der Waals surface area contributed by atoms with Crippen LogP contribution in [-0.4, -0.2) is 54.6 Å². The fourth-order valence-corrected chi connectivity index (χ4v) is 3.99. The molecule has 0 amide bonds. The topological polar surface area (TPSA) is 66.4 Å². The third-order valence-corrected chi connectivity index (χ3v) is 6.28. The molecule has 128 valence electrons. The van der Waals surface area contributed by atoms with Crippen LogP contribution in [0.5, 0.6) is 0 Å². The van der Waals surface area contributed by atoms with Gasteiger partial charge in [-0.15, -0.1) is 0 Å². The van der Waals surface area contributed by atoms with Crippen LogP contribution in [-0.2, 0) is 10.0 Å². The molecule has 3 rings (SSSR count). The average Bonchev–Trinajstić information content (AvgIpc) is 2.62. The lowest BCUT2D eigenvalue weighted by Crippen LogP contribution is -2.49. The van der Waals surface area contributed by atoms with Crippen LogP contribution < -0.4 is 4.90 Å². The summed E-state index contributed by atoms with van der Waals surface area (Å²) < 4.78 is 25.5. The lowest BCUT2D eigenvalue weighted by atomic mass is 10.1. The molecule has 0 bridgehead atoms. The SMILES string of the molecule is CCS(=O)(=O)N1CCN(c2cc(-c3ccccc3C)ncn2)CC1. The zero-order valence-electron chi connectivity index (χ0n) is 14.0. The summed E-state index contributed by atoms with van der Waals surface area (Å²) in [5.74, 6) is 0.995. The predicted molar refractivity (Wildman–Crippen MR) is 95.5 cm³/mol. The van der Waals surface area contributed by atoms with Gasteiger partial charge in [0.1, 0.15) is 12.1 Å². The lowest BCUT2D eigenvalue weighted by molar-refractivity contribution is 0.384. The maximum absolute atomic E-state index is 12.0. The number of sulfonamides is 1. The smallest absolute Gasteiger partial charge is 0.213 e. The highest BCUT2D eigenvalue weighted by Gasteiger charge is 2.26. The summed E-state index contributed by atoms with van der Waals surface area (Å²) in [7, 11) is -3.11. The monoisotopic (exact) mass is 346 g/mol. The van der Waals surface area contributed by atoms with Crippen molar-refractivity contribution in [3.63, 3.8) is 0 Å². The molecule has 0 spiro atoms. The Balaban J connectivity index is 1.78. The van der Waals surface area contributed by atoms with Gasteiger partial charge in [0.15, 0.2) is 0 Å². The Kier molecular flexibility index (Phi) is 4.82. The third-order valence-electron chi connectivity index (χ3n) is 4.39. The van der Waals surface area contributed by atoms with Crippen LogP contribution in [0.15, 0.2) is 36.7 Å². The zero-order valence-corrected chi connectivity index (χ0v) is 14.8. The van der Waals surface area contributed by atoms with Gasteiger partial charge in [-0.3, -0.25) is 0 Å². The number of piperazine rings is 1. The number of rotatable bonds is 4. The largest absolute Gasteiger partial charge is 0.354 e. The van der Waals surface area contributed by atoms with Crippen molar-refractivity contribution in [1.82, 2.24) is 14.3 Å². The molecule has 0 aliphatic carbocycles. The van der Waals surface area contributed by atoms with E-state index in [0.29, 0.717) is 26.2 Å². The molecule has 1 aromatic carbocycles. The fourth-order valence-electron chi connectivity index (χ4n) is 2.91. The molecule has 1 aromatic heterocycles. The first-order valence-corrected chi connectivity index (χ1v) is 9.73. The van der Waals surface area contributed by atoms with Gasteiger partial charge < -0.3 is 4.90 Å². The first-order chi connectivity index (χ1) is 11.5. The van der Waals surface area contributed by atoms with Crippen LogP contribution in [0.4, 0.5) is 5.82 Å². The second-order valence-electron chi connectivity index (χ2n) is 5.86. The second-order valence-corrected chi connectivity index (χ2v) is 8.12. The Hall–Kier alpha value is -1.99. The van der Waals surface area contributed by atoms with E-state index in [0.717, 1.165) is 17.1 Å². The fraction of sp³-hybridized carbons (Fsp3) is 0.412. The van der Waals surface area contributed by atoms with Crippen molar-refractivity contribution in [3.8, 4) is 11.3 Å². The molecule has 0 atom stereocenters. The number of benzene rings is 1. The van der Waals surface area contributed by atoms with E-state index in [1.54, 1.807) is 17.6 Å². The standard InChI is InChI=1S/C17H22N4O2S/c1-3-24(22,23)21-10-8-20(9-11-21)17-12-16(18-13-19-17)15-7-5-4-6-14(15)2/h4-7,12-13H,3,8-11H2,1-2H3. The molecule has 0 radical (unpaired) electrons. The molecule has 0 saturated carbocycles. The van der Waals surface area contributed by atoms with E-state index >= 15 is 0 Å². The summed E-state index contributed by atoms with van der Waals surface area (Å²) in [6.07, 6.45) is 1.58. The third kappa shape index (κ3) is 3.42. The first kappa shape index (κ1) is 16.9. The molecule has 1 saturated heterocycles. The molecule has 0 unspecified atom stereocenters. The highest BCUT2D eigenvalue weighted by atomic mass is 32.2. The molecular weight excluding hydrogens is 324 g/mol. The molecule has 6 nitrogen and oxygen atoms in total. The maximum Gasteiger partial charge on any atom is 0.213 e. The Morgan fingerprint density at radius 3 is 2.46 bits per heavy atom. The van der Waals surface area contributed by atoms with Gasteiger partial charge in [0.2, 0.25) is 10.0 Å². The minimum atomic E-state index is -3.11. The summed E-state index contributed by atoms with van der Waals surface area (Å²) in [6.45, 7) is 6.03. The Labute approximate surface area is 143 Å². The summed E-state index contributed by atoms with van der Waals surface area (Å²) >= 11 is 0. The highest BCUT2D eigenvalue weighted by Crippen LogP contribution is 2.24. The predicted octanol–water partition coefficient (Wildman–Crippen LogP) is 1.92. The van der Waals surface area contributed by atoms with Gasteiger partial charge in [-0.1, -0.05) is 24.3 Å². The van der Waals surface area contributed by atoms with Gasteiger partial charge in [-0.25, -0.2) is 18.4 Å². The normalized spacial score (nSPS) is 16.3. The van der Waals surface area contributed by atoms with Gasteiger partial charge in [-0.05, 0) is 19.4 Å². The minimum absolute atomic E-state index is 0.151. The number of aromatic nitrogens is 2. The molecule has 2 heterocycles. The summed E-state index contributed by atoms with van der Waals surface area (Å²) in [6, 6.07) is 10.1. The summed E-state index contributed by atoms with van der Waals surface area (Å²) in [5.41, 5.74) is 3.15. The number of aryl methyl sites for hydroxylation is 1. The zero-order chi connectivity index (χ0) is 17.2. The Bertz CT molecular complexity index is 815.